The van der Waals surface area contributed by atoms with Crippen LogP contribution in [0, 0.1) is 0 Å². The molecule has 2 aromatic heterocycles. The molecule has 0 atom stereocenters. The molecule has 3 rings (SSSR count). The van der Waals surface area contributed by atoms with E-state index in [9.17, 15) is 24.3 Å². The molecule has 37 heavy (non-hydrogen) atoms. The number of hydrogen-bond donors (Lipinski definition) is 2. The number of ether oxygens (including phenoxy) is 2. The number of aryl methyl sites for hydroxylation is 1. The summed E-state index contributed by atoms with van der Waals surface area (Å²) in [5.41, 5.74) is -0.802. The van der Waals surface area contributed by atoms with Crippen LogP contribution in [0.2, 0.25) is 0 Å². The number of nitrogens with zero attached hydrogens (tertiary/aromatic N) is 3. The second-order valence-electron chi connectivity index (χ2n) is 10.8. The summed E-state index contributed by atoms with van der Waals surface area (Å²) in [6, 6.07) is 1.60. The molecule has 11 nitrogen and oxygen atoms in total. The van der Waals surface area contributed by atoms with E-state index in [0.717, 1.165) is 5.57 Å². The summed E-state index contributed by atoms with van der Waals surface area (Å²) in [5.74, 6) is -2.07. The van der Waals surface area contributed by atoms with E-state index < -0.39 is 52.6 Å². The third-order valence-corrected chi connectivity index (χ3v) is 5.48. The minimum atomic E-state index is -0.894. The van der Waals surface area contributed by atoms with Crippen molar-refractivity contribution in [2.24, 2.45) is 7.05 Å². The van der Waals surface area contributed by atoms with Gasteiger partial charge in [-0.1, -0.05) is 6.08 Å². The Morgan fingerprint density at radius 2 is 1.76 bits per heavy atom. The number of nitrogens with one attached hydrogen (secondary N) is 1. The first-order valence-corrected chi connectivity index (χ1v) is 12.0. The number of aromatic hydroxyl groups is 1. The second kappa shape index (κ2) is 10.2. The van der Waals surface area contributed by atoms with Gasteiger partial charge in [-0.25, -0.2) is 4.79 Å². The van der Waals surface area contributed by atoms with Crippen LogP contribution >= 0.6 is 0 Å². The van der Waals surface area contributed by atoms with E-state index in [0.29, 0.717) is 30.7 Å². The smallest absolute Gasteiger partial charge is 0.410 e. The Labute approximate surface area is 215 Å². The molecular formula is C26H34N4O7. The van der Waals surface area contributed by atoms with Gasteiger partial charge in [0, 0.05) is 25.5 Å². The lowest BCUT2D eigenvalue weighted by Gasteiger charge is -2.29. The lowest BCUT2D eigenvalue weighted by Crippen LogP contribution is -2.39. The van der Waals surface area contributed by atoms with Gasteiger partial charge in [-0.2, -0.15) is 0 Å². The molecule has 2 aromatic rings. The summed E-state index contributed by atoms with van der Waals surface area (Å²) in [4.78, 5) is 55.9. The SMILES string of the molecule is Cn1c(=O)c(C(=O)NCC(=O)OC(C)(C)C)c(O)c2cc(C3=CCN(C(=O)OC(C)(C)C)CC3)ncc21. The molecule has 11 heteroatoms. The molecule has 0 spiro atoms. The molecule has 0 unspecified atom stereocenters. The predicted molar refractivity (Wildman–Crippen MR) is 137 cm³/mol. The molecule has 1 aliphatic heterocycles. The van der Waals surface area contributed by atoms with E-state index in [1.807, 2.05) is 6.08 Å². The van der Waals surface area contributed by atoms with Crippen LogP contribution in [0.5, 0.6) is 5.75 Å². The maximum atomic E-state index is 12.8. The Hall–Kier alpha value is -3.89. The summed E-state index contributed by atoms with van der Waals surface area (Å²) < 4.78 is 11.8. The van der Waals surface area contributed by atoms with E-state index in [2.05, 4.69) is 10.3 Å². The monoisotopic (exact) mass is 514 g/mol. The average Bonchev–Trinajstić information content (AvgIpc) is 2.79. The first kappa shape index (κ1) is 27.7. The summed E-state index contributed by atoms with van der Waals surface area (Å²) >= 11 is 0. The maximum Gasteiger partial charge on any atom is 0.410 e. The van der Waals surface area contributed by atoms with Crippen molar-refractivity contribution in [3.05, 3.63) is 40.0 Å². The summed E-state index contributed by atoms with van der Waals surface area (Å²) in [5, 5.41) is 13.5. The minimum absolute atomic E-state index is 0.255. The highest BCUT2D eigenvalue weighted by Gasteiger charge is 2.26. The number of pyridine rings is 2. The second-order valence-corrected chi connectivity index (χ2v) is 10.8. The van der Waals surface area contributed by atoms with Crippen molar-refractivity contribution >= 4 is 34.4 Å². The molecule has 3 heterocycles. The van der Waals surface area contributed by atoms with Gasteiger partial charge in [0.15, 0.2) is 0 Å². The number of esters is 1. The Morgan fingerprint density at radius 1 is 1.11 bits per heavy atom. The van der Waals surface area contributed by atoms with Gasteiger partial charge in [-0.3, -0.25) is 19.4 Å². The normalized spacial score (nSPS) is 14.2. The highest BCUT2D eigenvalue weighted by atomic mass is 16.6. The van der Waals surface area contributed by atoms with Crippen LogP contribution in [0.1, 0.15) is 64.0 Å². The lowest BCUT2D eigenvalue weighted by molar-refractivity contribution is -0.153. The molecule has 0 aromatic carbocycles. The highest BCUT2D eigenvalue weighted by molar-refractivity contribution is 6.03. The number of rotatable bonds is 4. The van der Waals surface area contributed by atoms with Gasteiger partial charge in [0.2, 0.25) is 0 Å². The molecule has 200 valence electrons. The van der Waals surface area contributed by atoms with Crippen molar-refractivity contribution in [2.75, 3.05) is 19.6 Å². The van der Waals surface area contributed by atoms with E-state index >= 15 is 0 Å². The van der Waals surface area contributed by atoms with Crippen LogP contribution in [-0.4, -0.2) is 68.4 Å². The van der Waals surface area contributed by atoms with Crippen LogP contribution < -0.4 is 10.9 Å². The minimum Gasteiger partial charge on any atom is -0.506 e. The Kier molecular flexibility index (Phi) is 7.66. The van der Waals surface area contributed by atoms with Crippen LogP contribution in [0.25, 0.3) is 16.5 Å². The average molecular weight is 515 g/mol. The van der Waals surface area contributed by atoms with Crippen LogP contribution in [-0.2, 0) is 21.3 Å². The molecule has 0 aliphatic carbocycles. The molecular weight excluding hydrogens is 480 g/mol. The van der Waals surface area contributed by atoms with Gasteiger partial charge in [0.25, 0.3) is 11.5 Å². The molecule has 2 amide bonds. The molecule has 0 radical (unpaired) electrons. The van der Waals surface area contributed by atoms with Gasteiger partial charge in [-0.05, 0) is 59.6 Å². The van der Waals surface area contributed by atoms with Gasteiger partial charge in [0.1, 0.15) is 29.1 Å². The van der Waals surface area contributed by atoms with Gasteiger partial charge in [0.05, 0.1) is 17.4 Å². The van der Waals surface area contributed by atoms with Crippen molar-refractivity contribution in [2.45, 2.75) is 59.2 Å². The predicted octanol–water partition coefficient (Wildman–Crippen LogP) is 2.73. The molecule has 0 bridgehead atoms. The first-order valence-electron chi connectivity index (χ1n) is 12.0. The highest BCUT2D eigenvalue weighted by Crippen LogP contribution is 2.30. The summed E-state index contributed by atoms with van der Waals surface area (Å²) in [6.45, 7) is 10.8. The molecule has 2 N–H and O–H groups in total. The van der Waals surface area contributed by atoms with E-state index in [1.165, 1.54) is 17.8 Å². The molecule has 0 saturated carbocycles. The fraction of sp³-hybridized carbons (Fsp3) is 0.500. The summed E-state index contributed by atoms with van der Waals surface area (Å²) in [6.07, 6.45) is 3.42. The zero-order chi connectivity index (χ0) is 27.7. The number of carbonyl (C=O) groups is 3. The standard InChI is InChI=1S/C26H34N4O7/c1-25(2,3)36-19(31)14-28-22(33)20-21(32)16-12-17(27-13-18(16)29(7)23(20)34)15-8-10-30(11-9-15)24(35)37-26(4,5)6/h8,12-13,32H,9-11,14H2,1-7H3,(H,28,33). The maximum absolute atomic E-state index is 12.8. The number of fused-ring (bicyclic) bond motifs is 1. The largest absolute Gasteiger partial charge is 0.506 e. The molecule has 0 fully saturated rings. The van der Waals surface area contributed by atoms with Crippen molar-refractivity contribution in [3.8, 4) is 5.75 Å². The Bertz CT molecular complexity index is 1330. The van der Waals surface area contributed by atoms with Crippen LogP contribution in [0.15, 0.2) is 23.1 Å². The third kappa shape index (κ3) is 6.66. The van der Waals surface area contributed by atoms with Crippen LogP contribution in [0.3, 0.4) is 0 Å². The summed E-state index contributed by atoms with van der Waals surface area (Å²) in [7, 11) is 1.47. The number of hydrogen-bond acceptors (Lipinski definition) is 8. The van der Waals surface area contributed by atoms with Gasteiger partial charge in [-0.15, -0.1) is 0 Å². The first-order chi connectivity index (χ1) is 17.1. The van der Waals surface area contributed by atoms with Crippen molar-refractivity contribution in [3.63, 3.8) is 0 Å². The quantitative estimate of drug-likeness (QED) is 0.594. The van der Waals surface area contributed by atoms with Crippen molar-refractivity contribution in [1.29, 1.82) is 0 Å². The lowest BCUT2D eigenvalue weighted by atomic mass is 10.0. The van der Waals surface area contributed by atoms with Gasteiger partial charge >= 0.3 is 12.1 Å². The van der Waals surface area contributed by atoms with E-state index in [1.54, 1.807) is 52.5 Å². The zero-order valence-electron chi connectivity index (χ0n) is 22.3. The Morgan fingerprint density at radius 3 is 2.32 bits per heavy atom. The van der Waals surface area contributed by atoms with E-state index in [-0.39, 0.29) is 5.39 Å². The van der Waals surface area contributed by atoms with Crippen molar-refractivity contribution in [1.82, 2.24) is 19.8 Å². The van der Waals surface area contributed by atoms with Crippen LogP contribution in [0.4, 0.5) is 4.79 Å². The molecule has 0 saturated heterocycles. The third-order valence-electron chi connectivity index (χ3n) is 5.48. The van der Waals surface area contributed by atoms with E-state index in [4.69, 9.17) is 9.47 Å². The number of aromatic nitrogens is 2. The zero-order valence-corrected chi connectivity index (χ0v) is 22.3. The topological polar surface area (TPSA) is 140 Å². The number of amides is 2. The van der Waals surface area contributed by atoms with Crippen molar-refractivity contribution < 1.29 is 29.0 Å². The molecule has 1 aliphatic rings. The Balaban J connectivity index is 1.87. The van der Waals surface area contributed by atoms with Gasteiger partial charge < -0.3 is 29.4 Å². The number of carbonyl (C=O) groups excluding carboxylic acids is 3. The fourth-order valence-electron chi connectivity index (χ4n) is 3.81. The fourth-order valence-corrected chi connectivity index (χ4v) is 3.81.